The van der Waals surface area contributed by atoms with Crippen molar-refractivity contribution in [3.63, 3.8) is 0 Å². The van der Waals surface area contributed by atoms with E-state index in [9.17, 15) is 31.2 Å². The number of nitrogens with zero attached hydrogens (tertiary/aromatic N) is 2. The molecule has 0 saturated heterocycles. The van der Waals surface area contributed by atoms with Crippen molar-refractivity contribution >= 4 is 39.1 Å². The minimum Gasteiger partial charge on any atom is -0.497 e. The topological polar surface area (TPSA) is 96.0 Å². The second kappa shape index (κ2) is 15.2. The average molecular weight is 680 g/mol. The fourth-order valence-electron chi connectivity index (χ4n) is 5.54. The van der Waals surface area contributed by atoms with Gasteiger partial charge in [-0.25, -0.2) is 8.42 Å². The minimum atomic E-state index is -4.81. The minimum absolute atomic E-state index is 0.0528. The van der Waals surface area contributed by atoms with Gasteiger partial charge in [0.1, 0.15) is 18.3 Å². The molecule has 13 heteroatoms. The smallest absolute Gasteiger partial charge is 0.416 e. The number of carbonyl (C=O) groups is 2. The number of benzene rings is 3. The van der Waals surface area contributed by atoms with Gasteiger partial charge in [0.25, 0.3) is 10.0 Å². The molecule has 0 unspecified atom stereocenters. The van der Waals surface area contributed by atoms with Gasteiger partial charge >= 0.3 is 6.18 Å². The van der Waals surface area contributed by atoms with Crippen LogP contribution in [0.15, 0.2) is 77.7 Å². The Bertz CT molecular complexity index is 1620. The fraction of sp³-hybridized carbons (Fsp3) is 0.394. The summed E-state index contributed by atoms with van der Waals surface area (Å²) in [6.45, 7) is 0.719. The van der Waals surface area contributed by atoms with Gasteiger partial charge in [0.15, 0.2) is 0 Å². The van der Waals surface area contributed by atoms with Gasteiger partial charge in [-0.05, 0) is 67.3 Å². The summed E-state index contributed by atoms with van der Waals surface area (Å²) < 4.78 is 75.2. The SMILES string of the molecule is CC[C@@H](C(=O)NC1CCCCC1)N(Cc1cccc(OC)c1)C(=O)CN(c1cc(C(F)(F)F)ccc1Cl)S(=O)(=O)c1ccccc1. The van der Waals surface area contributed by atoms with E-state index in [2.05, 4.69) is 5.32 Å². The maximum Gasteiger partial charge on any atom is 0.416 e. The van der Waals surface area contributed by atoms with Crippen molar-refractivity contribution < 1.29 is 35.9 Å². The van der Waals surface area contributed by atoms with Crippen LogP contribution in [0.1, 0.15) is 56.6 Å². The summed E-state index contributed by atoms with van der Waals surface area (Å²) in [5.74, 6) is -0.685. The summed E-state index contributed by atoms with van der Waals surface area (Å²) >= 11 is 6.33. The van der Waals surface area contributed by atoms with Crippen LogP contribution in [0.3, 0.4) is 0 Å². The Morgan fingerprint density at radius 3 is 2.33 bits per heavy atom. The van der Waals surface area contributed by atoms with Crippen LogP contribution >= 0.6 is 11.6 Å². The number of amides is 2. The number of nitrogens with one attached hydrogen (secondary N) is 1. The molecule has 0 spiro atoms. The summed E-state index contributed by atoms with van der Waals surface area (Å²) in [5.41, 5.74) is -1.06. The van der Waals surface area contributed by atoms with Crippen molar-refractivity contribution in [2.75, 3.05) is 18.0 Å². The number of rotatable bonds is 12. The quantitative estimate of drug-likeness (QED) is 0.227. The molecule has 0 bridgehead atoms. The second-order valence-corrected chi connectivity index (χ2v) is 13.4. The van der Waals surface area contributed by atoms with Crippen LogP contribution in [0.2, 0.25) is 5.02 Å². The first-order chi connectivity index (χ1) is 21.8. The number of ether oxygens (including phenoxy) is 1. The Balaban J connectivity index is 1.78. The zero-order valence-corrected chi connectivity index (χ0v) is 27.2. The van der Waals surface area contributed by atoms with Gasteiger partial charge in [-0.15, -0.1) is 0 Å². The number of anilines is 1. The Hall–Kier alpha value is -3.77. The highest BCUT2D eigenvalue weighted by molar-refractivity contribution is 7.92. The number of alkyl halides is 3. The molecule has 1 fully saturated rings. The molecule has 1 saturated carbocycles. The van der Waals surface area contributed by atoms with Crippen molar-refractivity contribution in [1.82, 2.24) is 10.2 Å². The molecule has 4 rings (SSSR count). The van der Waals surface area contributed by atoms with E-state index in [1.54, 1.807) is 37.3 Å². The molecule has 0 aromatic heterocycles. The molecular formula is C33H37ClF3N3O5S. The third-order valence-electron chi connectivity index (χ3n) is 7.98. The molecule has 3 aromatic carbocycles. The molecule has 248 valence electrons. The summed E-state index contributed by atoms with van der Waals surface area (Å²) in [6, 6.07) is 15.1. The molecule has 2 amide bonds. The van der Waals surface area contributed by atoms with Crippen LogP contribution in [-0.4, -0.2) is 50.9 Å². The van der Waals surface area contributed by atoms with Crippen molar-refractivity contribution in [1.29, 1.82) is 0 Å². The predicted octanol–water partition coefficient (Wildman–Crippen LogP) is 6.82. The lowest BCUT2D eigenvalue weighted by Crippen LogP contribution is -2.54. The van der Waals surface area contributed by atoms with Crippen LogP contribution in [0.25, 0.3) is 0 Å². The van der Waals surface area contributed by atoms with Crippen molar-refractivity contribution in [3.05, 3.63) is 88.9 Å². The van der Waals surface area contributed by atoms with E-state index in [0.717, 1.165) is 44.2 Å². The molecular weight excluding hydrogens is 643 g/mol. The van der Waals surface area contributed by atoms with E-state index in [0.29, 0.717) is 21.7 Å². The third-order valence-corrected chi connectivity index (χ3v) is 10.1. The Morgan fingerprint density at radius 1 is 1.00 bits per heavy atom. The van der Waals surface area contributed by atoms with Crippen molar-refractivity contribution in [2.45, 2.75) is 75.1 Å². The zero-order valence-electron chi connectivity index (χ0n) is 25.6. The normalized spacial score (nSPS) is 14.7. The molecule has 1 N–H and O–H groups in total. The van der Waals surface area contributed by atoms with Crippen molar-refractivity contribution in [3.8, 4) is 5.75 Å². The third kappa shape index (κ3) is 8.52. The lowest BCUT2D eigenvalue weighted by atomic mass is 9.95. The van der Waals surface area contributed by atoms with E-state index in [1.165, 1.54) is 36.3 Å². The molecule has 3 aromatic rings. The maximum absolute atomic E-state index is 14.3. The Kier molecular flexibility index (Phi) is 11.6. The average Bonchev–Trinajstić information content (AvgIpc) is 3.04. The highest BCUT2D eigenvalue weighted by Gasteiger charge is 2.37. The molecule has 1 aliphatic carbocycles. The fourth-order valence-corrected chi connectivity index (χ4v) is 7.26. The molecule has 1 atom stereocenters. The van der Waals surface area contributed by atoms with Gasteiger partial charge in [-0.1, -0.05) is 68.1 Å². The summed E-state index contributed by atoms with van der Waals surface area (Å²) in [5, 5.41) is 2.75. The first kappa shape index (κ1) is 35.1. The monoisotopic (exact) mass is 679 g/mol. The lowest BCUT2D eigenvalue weighted by Gasteiger charge is -2.34. The zero-order chi connectivity index (χ0) is 33.5. The molecule has 0 radical (unpaired) electrons. The van der Waals surface area contributed by atoms with Crippen LogP contribution in [0.4, 0.5) is 18.9 Å². The van der Waals surface area contributed by atoms with E-state index < -0.39 is 45.9 Å². The predicted molar refractivity (Wildman–Crippen MR) is 170 cm³/mol. The van der Waals surface area contributed by atoms with Crippen LogP contribution in [0.5, 0.6) is 5.75 Å². The molecule has 0 heterocycles. The first-order valence-corrected chi connectivity index (χ1v) is 16.8. The highest BCUT2D eigenvalue weighted by atomic mass is 35.5. The first-order valence-electron chi connectivity index (χ1n) is 15.0. The summed E-state index contributed by atoms with van der Waals surface area (Å²) in [4.78, 5) is 29.0. The number of hydrogen-bond donors (Lipinski definition) is 1. The van der Waals surface area contributed by atoms with Gasteiger partial charge in [0, 0.05) is 12.6 Å². The highest BCUT2D eigenvalue weighted by Crippen LogP contribution is 2.37. The molecule has 1 aliphatic rings. The number of carbonyl (C=O) groups excluding carboxylic acids is 2. The second-order valence-electron chi connectivity index (χ2n) is 11.1. The van der Waals surface area contributed by atoms with Crippen LogP contribution in [-0.2, 0) is 32.3 Å². The lowest BCUT2D eigenvalue weighted by molar-refractivity contribution is -0.140. The Morgan fingerprint density at radius 2 is 1.70 bits per heavy atom. The Labute approximate surface area is 272 Å². The van der Waals surface area contributed by atoms with E-state index in [-0.39, 0.29) is 34.8 Å². The van der Waals surface area contributed by atoms with Gasteiger partial charge in [0.2, 0.25) is 11.8 Å². The largest absolute Gasteiger partial charge is 0.497 e. The number of sulfonamides is 1. The van der Waals surface area contributed by atoms with E-state index in [4.69, 9.17) is 16.3 Å². The summed E-state index contributed by atoms with van der Waals surface area (Å²) in [6.07, 6.45) is 0.0229. The molecule has 46 heavy (non-hydrogen) atoms. The van der Waals surface area contributed by atoms with E-state index >= 15 is 0 Å². The number of hydrogen-bond acceptors (Lipinski definition) is 5. The number of halogens is 4. The van der Waals surface area contributed by atoms with Crippen LogP contribution < -0.4 is 14.4 Å². The van der Waals surface area contributed by atoms with E-state index in [1.807, 2.05) is 0 Å². The maximum atomic E-state index is 14.3. The standard InChI is InChI=1S/C33H37ClF3N3O5S/c1-3-29(32(42)38-25-12-6-4-7-13-25)39(21-23-11-10-14-26(19-23)45-2)31(41)22-40(46(43,44)27-15-8-5-9-16-27)30-20-24(33(35,36)37)17-18-28(30)34/h5,8-11,14-20,25,29H,3-4,6-7,12-13,21-22H2,1-2H3,(H,38,42)/t29-/m0/s1. The number of methoxy groups -OCH3 is 1. The van der Waals surface area contributed by atoms with Gasteiger partial charge in [-0.3, -0.25) is 13.9 Å². The van der Waals surface area contributed by atoms with Crippen LogP contribution in [0, 0.1) is 0 Å². The molecule has 0 aliphatic heterocycles. The van der Waals surface area contributed by atoms with Gasteiger partial charge in [0.05, 0.1) is 28.3 Å². The van der Waals surface area contributed by atoms with Crippen molar-refractivity contribution in [2.24, 2.45) is 0 Å². The van der Waals surface area contributed by atoms with Gasteiger partial charge in [-0.2, -0.15) is 13.2 Å². The molecule has 8 nitrogen and oxygen atoms in total. The summed E-state index contributed by atoms with van der Waals surface area (Å²) in [7, 11) is -3.13. The van der Waals surface area contributed by atoms with Gasteiger partial charge < -0.3 is 15.0 Å².